The number of hydrogen-bond acceptors (Lipinski definition) is 4. The first-order valence-electron chi connectivity index (χ1n) is 10.7. The third-order valence-electron chi connectivity index (χ3n) is 6.03. The van der Waals surface area contributed by atoms with Crippen LogP contribution in [0.5, 0.6) is 5.75 Å². The number of sulfonamides is 1. The molecule has 166 valence electrons. The van der Waals surface area contributed by atoms with Gasteiger partial charge in [-0.1, -0.05) is 30.2 Å². The van der Waals surface area contributed by atoms with Gasteiger partial charge in [0, 0.05) is 18.1 Å². The fraction of sp³-hybridized carbons (Fsp3) is 0.435. The summed E-state index contributed by atoms with van der Waals surface area (Å²) in [7, 11) is -3.62. The molecular formula is C23H27ClN2O4S. The molecule has 1 aliphatic heterocycles. The van der Waals surface area contributed by atoms with E-state index < -0.39 is 15.4 Å². The van der Waals surface area contributed by atoms with Crippen LogP contribution >= 0.6 is 11.6 Å². The molecule has 1 aliphatic carbocycles. The van der Waals surface area contributed by atoms with Crippen molar-refractivity contribution in [1.29, 1.82) is 0 Å². The van der Waals surface area contributed by atoms with E-state index in [9.17, 15) is 13.2 Å². The summed E-state index contributed by atoms with van der Waals surface area (Å²) in [5.74, 6) is 0.295. The maximum atomic E-state index is 13.2. The Hall–Kier alpha value is -2.09. The van der Waals surface area contributed by atoms with Crippen LogP contribution in [0, 0.1) is 0 Å². The van der Waals surface area contributed by atoms with Crippen LogP contribution in [-0.4, -0.2) is 38.3 Å². The van der Waals surface area contributed by atoms with Gasteiger partial charge in [0.1, 0.15) is 5.75 Å². The maximum Gasteiger partial charge on any atom is 0.243 e. The third kappa shape index (κ3) is 4.45. The highest BCUT2D eigenvalue weighted by molar-refractivity contribution is 7.89. The molecular weight excluding hydrogens is 436 g/mol. The van der Waals surface area contributed by atoms with E-state index >= 15 is 0 Å². The van der Waals surface area contributed by atoms with Crippen molar-refractivity contribution in [3.63, 3.8) is 0 Å². The first-order valence-corrected chi connectivity index (χ1v) is 12.5. The van der Waals surface area contributed by atoms with E-state index in [1.807, 2.05) is 19.1 Å². The van der Waals surface area contributed by atoms with Crippen molar-refractivity contribution >= 4 is 33.2 Å². The van der Waals surface area contributed by atoms with Gasteiger partial charge in [0.05, 0.1) is 22.6 Å². The highest BCUT2D eigenvalue weighted by Gasteiger charge is 2.51. The number of nitrogens with zero attached hydrogens (tertiary/aromatic N) is 1. The predicted octanol–water partition coefficient (Wildman–Crippen LogP) is 4.58. The zero-order valence-corrected chi connectivity index (χ0v) is 19.1. The molecule has 2 aromatic carbocycles. The Labute approximate surface area is 188 Å². The van der Waals surface area contributed by atoms with Gasteiger partial charge < -0.3 is 10.1 Å². The fourth-order valence-corrected chi connectivity index (χ4v) is 5.76. The second-order valence-electron chi connectivity index (χ2n) is 8.10. The van der Waals surface area contributed by atoms with Crippen LogP contribution < -0.4 is 10.1 Å². The van der Waals surface area contributed by atoms with Gasteiger partial charge >= 0.3 is 0 Å². The summed E-state index contributed by atoms with van der Waals surface area (Å²) in [6, 6.07) is 12.0. The van der Waals surface area contributed by atoms with Gasteiger partial charge in [0.25, 0.3) is 0 Å². The lowest BCUT2D eigenvalue weighted by Gasteiger charge is -2.26. The SMILES string of the molecule is CCOc1ccc(S(=O)(=O)N2CCCCC2)cc1NC(=O)C1(c2ccc(Cl)cc2)CC1. The average molecular weight is 463 g/mol. The first-order chi connectivity index (χ1) is 14.9. The van der Waals surface area contributed by atoms with Crippen molar-refractivity contribution in [3.05, 3.63) is 53.1 Å². The summed E-state index contributed by atoms with van der Waals surface area (Å²) in [4.78, 5) is 13.4. The van der Waals surface area contributed by atoms with Crippen LogP contribution in [0.1, 0.15) is 44.6 Å². The smallest absolute Gasteiger partial charge is 0.243 e. The highest BCUT2D eigenvalue weighted by Crippen LogP contribution is 2.49. The second-order valence-corrected chi connectivity index (χ2v) is 10.5. The van der Waals surface area contributed by atoms with E-state index in [2.05, 4.69) is 5.32 Å². The number of anilines is 1. The van der Waals surface area contributed by atoms with Crippen molar-refractivity contribution in [2.24, 2.45) is 0 Å². The molecule has 0 radical (unpaired) electrons. The topological polar surface area (TPSA) is 75.7 Å². The van der Waals surface area contributed by atoms with E-state index in [0.717, 1.165) is 37.7 Å². The molecule has 8 heteroatoms. The van der Waals surface area contributed by atoms with E-state index in [4.69, 9.17) is 16.3 Å². The normalized spacial score (nSPS) is 18.4. The van der Waals surface area contributed by atoms with Crippen molar-refractivity contribution in [1.82, 2.24) is 4.31 Å². The van der Waals surface area contributed by atoms with Crippen LogP contribution in [0.2, 0.25) is 5.02 Å². The fourth-order valence-electron chi connectivity index (χ4n) is 4.09. The molecule has 0 aromatic heterocycles. The van der Waals surface area contributed by atoms with Gasteiger partial charge in [-0.3, -0.25) is 4.79 Å². The number of amides is 1. The number of hydrogen-bond donors (Lipinski definition) is 1. The second kappa shape index (κ2) is 8.81. The molecule has 0 atom stereocenters. The maximum absolute atomic E-state index is 13.2. The summed E-state index contributed by atoms with van der Waals surface area (Å²) in [5, 5.41) is 3.57. The van der Waals surface area contributed by atoms with Crippen LogP contribution in [0.4, 0.5) is 5.69 Å². The monoisotopic (exact) mass is 462 g/mol. The van der Waals surface area contributed by atoms with Gasteiger partial charge in [-0.25, -0.2) is 8.42 Å². The van der Waals surface area contributed by atoms with Gasteiger partial charge in [0.15, 0.2) is 0 Å². The molecule has 1 saturated carbocycles. The van der Waals surface area contributed by atoms with Crippen LogP contribution in [0.3, 0.4) is 0 Å². The Morgan fingerprint density at radius 1 is 1.10 bits per heavy atom. The molecule has 31 heavy (non-hydrogen) atoms. The summed E-state index contributed by atoms with van der Waals surface area (Å²) < 4.78 is 33.4. The number of benzene rings is 2. The van der Waals surface area contributed by atoms with Crippen LogP contribution in [-0.2, 0) is 20.2 Å². The minimum Gasteiger partial charge on any atom is -0.492 e. The summed E-state index contributed by atoms with van der Waals surface area (Å²) in [5.41, 5.74) is 0.671. The van der Waals surface area contributed by atoms with E-state index in [0.29, 0.717) is 36.2 Å². The van der Waals surface area contributed by atoms with Gasteiger partial charge in [0.2, 0.25) is 15.9 Å². The van der Waals surface area contributed by atoms with Gasteiger partial charge in [-0.15, -0.1) is 0 Å². The quantitative estimate of drug-likeness (QED) is 0.653. The molecule has 1 saturated heterocycles. The summed E-state index contributed by atoms with van der Waals surface area (Å²) in [6.07, 6.45) is 4.24. The first kappa shape index (κ1) is 22.1. The Morgan fingerprint density at radius 2 is 1.77 bits per heavy atom. The number of piperidine rings is 1. The lowest BCUT2D eigenvalue weighted by atomic mass is 9.95. The van der Waals surface area contributed by atoms with E-state index in [1.54, 1.807) is 24.3 Å². The van der Waals surface area contributed by atoms with Gasteiger partial charge in [-0.2, -0.15) is 4.31 Å². The minimum atomic E-state index is -3.62. The Bertz CT molecular complexity index is 1060. The van der Waals surface area contributed by atoms with Crippen molar-refractivity contribution in [2.45, 2.75) is 49.3 Å². The largest absolute Gasteiger partial charge is 0.492 e. The van der Waals surface area contributed by atoms with Crippen LogP contribution in [0.25, 0.3) is 0 Å². The van der Waals surface area contributed by atoms with Crippen molar-refractivity contribution in [2.75, 3.05) is 25.0 Å². The Kier molecular flexibility index (Phi) is 6.28. The molecule has 6 nitrogen and oxygen atoms in total. The van der Waals surface area contributed by atoms with Crippen LogP contribution in [0.15, 0.2) is 47.4 Å². The average Bonchev–Trinajstić information content (AvgIpc) is 3.58. The molecule has 1 amide bonds. The van der Waals surface area contributed by atoms with E-state index in [-0.39, 0.29) is 10.8 Å². The minimum absolute atomic E-state index is 0.164. The molecule has 2 aromatic rings. The molecule has 0 spiro atoms. The number of rotatable bonds is 7. The lowest BCUT2D eigenvalue weighted by molar-refractivity contribution is -0.118. The molecule has 1 N–H and O–H groups in total. The highest BCUT2D eigenvalue weighted by atomic mass is 35.5. The number of nitrogens with one attached hydrogen (secondary N) is 1. The molecule has 0 unspecified atom stereocenters. The molecule has 2 aliphatic rings. The molecule has 2 fully saturated rings. The predicted molar refractivity (Wildman–Crippen MR) is 121 cm³/mol. The van der Waals surface area contributed by atoms with Crippen molar-refractivity contribution in [3.8, 4) is 5.75 Å². The number of halogens is 1. The zero-order valence-electron chi connectivity index (χ0n) is 17.6. The Balaban J connectivity index is 1.63. The van der Waals surface area contributed by atoms with Gasteiger partial charge in [-0.05, 0) is 68.5 Å². The number of carbonyl (C=O) groups excluding carboxylic acids is 1. The standard InChI is InChI=1S/C23H27ClN2O4S/c1-2-30-21-11-10-19(31(28,29)26-14-4-3-5-15-26)16-20(21)25-22(27)23(12-13-23)17-6-8-18(24)9-7-17/h6-11,16H,2-5,12-15H2,1H3,(H,25,27). The number of ether oxygens (including phenoxy) is 1. The molecule has 1 heterocycles. The van der Waals surface area contributed by atoms with E-state index in [1.165, 1.54) is 10.4 Å². The Morgan fingerprint density at radius 3 is 2.39 bits per heavy atom. The summed E-state index contributed by atoms with van der Waals surface area (Å²) >= 11 is 5.99. The third-order valence-corrected chi connectivity index (χ3v) is 8.18. The zero-order chi connectivity index (χ0) is 22.1. The molecule has 0 bridgehead atoms. The number of carbonyl (C=O) groups is 1. The summed E-state index contributed by atoms with van der Waals surface area (Å²) in [6.45, 7) is 3.30. The molecule has 4 rings (SSSR count). The van der Waals surface area contributed by atoms with Crippen molar-refractivity contribution < 1.29 is 17.9 Å². The lowest BCUT2D eigenvalue weighted by Crippen LogP contribution is -2.35.